The molecule has 5 rings (SSSR count). The Morgan fingerprint density at radius 1 is 1.21 bits per heavy atom. The van der Waals surface area contributed by atoms with Crippen molar-refractivity contribution in [2.75, 3.05) is 18.4 Å². The Bertz CT molecular complexity index is 1180. The summed E-state index contributed by atoms with van der Waals surface area (Å²) >= 11 is 4.46. The topological polar surface area (TPSA) is 79.6 Å². The number of nitrogens with one attached hydrogen (secondary N) is 1. The summed E-state index contributed by atoms with van der Waals surface area (Å²) in [5.74, 6) is -0.0568. The second-order valence-corrected chi connectivity index (χ2v) is 9.58. The lowest BCUT2D eigenvalue weighted by Gasteiger charge is -2.30. The van der Waals surface area contributed by atoms with Crippen LogP contribution < -0.4 is 5.32 Å². The first-order valence-corrected chi connectivity index (χ1v) is 11.5. The number of hydrogen-bond acceptors (Lipinski definition) is 7. The molecule has 7 nitrogen and oxygen atoms in total. The van der Waals surface area contributed by atoms with Gasteiger partial charge in [0.1, 0.15) is 4.83 Å². The molecule has 0 unspecified atom stereocenters. The largest absolute Gasteiger partial charge is 0.338 e. The van der Waals surface area contributed by atoms with E-state index in [0.29, 0.717) is 35.9 Å². The Labute approximate surface area is 172 Å². The molecule has 28 heavy (non-hydrogen) atoms. The molecule has 1 aliphatic heterocycles. The normalized spacial score (nSPS) is 15.5. The fourth-order valence-corrected chi connectivity index (χ4v) is 5.93. The molecule has 0 aliphatic carbocycles. The molecule has 1 fully saturated rings. The van der Waals surface area contributed by atoms with Gasteiger partial charge in [-0.15, -0.1) is 34.0 Å². The summed E-state index contributed by atoms with van der Waals surface area (Å²) in [6, 6.07) is 1.93. The van der Waals surface area contributed by atoms with Crippen LogP contribution in [-0.4, -0.2) is 44.2 Å². The number of aryl methyl sites for hydroxylation is 1. The number of thiophene rings is 1. The summed E-state index contributed by atoms with van der Waals surface area (Å²) in [4.78, 5) is 38.6. The van der Waals surface area contributed by atoms with Crippen LogP contribution in [0.25, 0.3) is 15.3 Å². The van der Waals surface area contributed by atoms with Gasteiger partial charge in [-0.3, -0.25) is 14.0 Å². The third kappa shape index (κ3) is 3.11. The molecule has 144 valence electrons. The van der Waals surface area contributed by atoms with E-state index in [1.807, 2.05) is 39.2 Å². The first kappa shape index (κ1) is 17.8. The van der Waals surface area contributed by atoms with E-state index in [2.05, 4.69) is 15.3 Å². The molecule has 0 spiro atoms. The zero-order valence-corrected chi connectivity index (χ0v) is 17.5. The van der Waals surface area contributed by atoms with Gasteiger partial charge in [-0.25, -0.2) is 9.97 Å². The molecule has 1 aliphatic rings. The van der Waals surface area contributed by atoms with E-state index in [1.165, 1.54) is 22.7 Å². The summed E-state index contributed by atoms with van der Waals surface area (Å²) in [5.41, 5.74) is 1.89. The monoisotopic (exact) mass is 431 g/mol. The maximum atomic E-state index is 12.9. The fraction of sp³-hybridized carbons (Fsp3) is 0.333. The lowest BCUT2D eigenvalue weighted by atomic mass is 9.96. The molecule has 4 aromatic rings. The summed E-state index contributed by atoms with van der Waals surface area (Å²) < 4.78 is 2.02. The summed E-state index contributed by atoms with van der Waals surface area (Å²) in [6.45, 7) is 3.08. The maximum Gasteiger partial charge on any atom is 0.264 e. The van der Waals surface area contributed by atoms with E-state index >= 15 is 0 Å². The smallest absolute Gasteiger partial charge is 0.264 e. The zero-order valence-electron chi connectivity index (χ0n) is 15.0. The van der Waals surface area contributed by atoms with Crippen molar-refractivity contribution in [3.8, 4) is 0 Å². The van der Waals surface area contributed by atoms with Crippen molar-refractivity contribution in [2.24, 2.45) is 5.92 Å². The van der Waals surface area contributed by atoms with Crippen LogP contribution >= 0.6 is 34.0 Å². The number of anilines is 1. The van der Waals surface area contributed by atoms with Crippen LogP contribution in [0.4, 0.5) is 5.13 Å². The van der Waals surface area contributed by atoms with Crippen LogP contribution in [0.2, 0.25) is 0 Å². The van der Waals surface area contributed by atoms with Crippen molar-refractivity contribution in [1.29, 1.82) is 0 Å². The lowest BCUT2D eigenvalue weighted by molar-refractivity contribution is -0.121. The van der Waals surface area contributed by atoms with E-state index in [4.69, 9.17) is 0 Å². The minimum absolute atomic E-state index is 0.00302. The highest BCUT2D eigenvalue weighted by atomic mass is 32.1. The Kier molecular flexibility index (Phi) is 4.41. The Morgan fingerprint density at radius 2 is 2.04 bits per heavy atom. The molecule has 5 heterocycles. The summed E-state index contributed by atoms with van der Waals surface area (Å²) in [5, 5.41) is 7.44. The first-order chi connectivity index (χ1) is 13.6. The Balaban J connectivity index is 1.24. The van der Waals surface area contributed by atoms with Crippen molar-refractivity contribution in [3.63, 3.8) is 0 Å². The molecule has 0 aromatic carbocycles. The maximum absolute atomic E-state index is 12.9. The van der Waals surface area contributed by atoms with Crippen molar-refractivity contribution in [1.82, 2.24) is 19.3 Å². The number of thiazole rings is 2. The van der Waals surface area contributed by atoms with Crippen LogP contribution in [-0.2, 0) is 4.79 Å². The number of amides is 2. The van der Waals surface area contributed by atoms with Crippen molar-refractivity contribution >= 4 is 66.3 Å². The zero-order chi connectivity index (χ0) is 19.3. The molecular weight excluding hydrogens is 414 g/mol. The van der Waals surface area contributed by atoms with Gasteiger partial charge in [-0.2, -0.15) is 0 Å². The van der Waals surface area contributed by atoms with Gasteiger partial charge < -0.3 is 10.2 Å². The molecule has 0 bridgehead atoms. The van der Waals surface area contributed by atoms with Gasteiger partial charge in [-0.1, -0.05) is 0 Å². The van der Waals surface area contributed by atoms with Crippen LogP contribution in [0.5, 0.6) is 0 Å². The van der Waals surface area contributed by atoms with Crippen molar-refractivity contribution in [3.05, 3.63) is 33.6 Å². The third-order valence-corrected chi connectivity index (χ3v) is 7.59. The number of likely N-dealkylation sites (tertiary alicyclic amines) is 1. The quantitative estimate of drug-likeness (QED) is 0.534. The standard InChI is InChI=1S/C18H17N5O2S3/c1-10-9-27-17(19-10)20-14(24)11-2-4-22(5-3-11)16(25)13-8-12-15(28-13)21-18-23(12)6-7-26-18/h6-9,11H,2-5H2,1H3,(H,19,20,24). The number of nitrogens with zero attached hydrogens (tertiary/aromatic N) is 4. The highest BCUT2D eigenvalue weighted by Crippen LogP contribution is 2.30. The fourth-order valence-electron chi connectivity index (χ4n) is 3.47. The second-order valence-electron chi connectivity index (χ2n) is 6.82. The predicted molar refractivity (Wildman–Crippen MR) is 113 cm³/mol. The highest BCUT2D eigenvalue weighted by molar-refractivity contribution is 7.21. The van der Waals surface area contributed by atoms with Crippen molar-refractivity contribution < 1.29 is 9.59 Å². The molecule has 4 aromatic heterocycles. The molecule has 2 amide bonds. The molecule has 0 radical (unpaired) electrons. The average Bonchev–Trinajstić information content (AvgIpc) is 3.44. The van der Waals surface area contributed by atoms with E-state index in [1.54, 1.807) is 11.3 Å². The van der Waals surface area contributed by atoms with Gasteiger partial charge >= 0.3 is 0 Å². The molecule has 0 saturated carbocycles. The molecular formula is C18H17N5O2S3. The summed E-state index contributed by atoms with van der Waals surface area (Å²) in [7, 11) is 0. The minimum atomic E-state index is -0.0829. The molecule has 1 saturated heterocycles. The number of carbonyl (C=O) groups is 2. The van der Waals surface area contributed by atoms with Crippen molar-refractivity contribution in [2.45, 2.75) is 19.8 Å². The molecule has 1 N–H and O–H groups in total. The number of carbonyl (C=O) groups excluding carboxylic acids is 2. The van der Waals surface area contributed by atoms with Gasteiger partial charge in [0.05, 0.1) is 16.1 Å². The molecule has 10 heteroatoms. The number of piperidine rings is 1. The Morgan fingerprint density at radius 3 is 2.79 bits per heavy atom. The number of hydrogen-bond donors (Lipinski definition) is 1. The van der Waals surface area contributed by atoms with Gasteiger partial charge in [-0.05, 0) is 25.8 Å². The van der Waals surface area contributed by atoms with Crippen LogP contribution in [0.3, 0.4) is 0 Å². The average molecular weight is 432 g/mol. The van der Waals surface area contributed by atoms with E-state index in [0.717, 1.165) is 21.0 Å². The van der Waals surface area contributed by atoms with Gasteiger partial charge in [0.15, 0.2) is 10.1 Å². The van der Waals surface area contributed by atoms with Gasteiger partial charge in [0.2, 0.25) is 5.91 Å². The van der Waals surface area contributed by atoms with Crippen LogP contribution in [0, 0.1) is 12.8 Å². The number of fused-ring (bicyclic) bond motifs is 3. The molecule has 0 atom stereocenters. The third-order valence-electron chi connectivity index (χ3n) is 4.95. The van der Waals surface area contributed by atoms with Gasteiger partial charge in [0.25, 0.3) is 5.91 Å². The van der Waals surface area contributed by atoms with Gasteiger partial charge in [0, 0.05) is 36.0 Å². The van der Waals surface area contributed by atoms with Crippen LogP contribution in [0.1, 0.15) is 28.2 Å². The number of imidazole rings is 1. The lowest BCUT2D eigenvalue weighted by Crippen LogP contribution is -2.41. The first-order valence-electron chi connectivity index (χ1n) is 8.96. The number of rotatable bonds is 3. The van der Waals surface area contributed by atoms with E-state index < -0.39 is 0 Å². The van der Waals surface area contributed by atoms with E-state index in [-0.39, 0.29) is 17.7 Å². The SMILES string of the molecule is Cc1csc(NC(=O)C2CCN(C(=O)c3cc4c(nc5sccn54)s3)CC2)n1. The highest BCUT2D eigenvalue weighted by Gasteiger charge is 2.29. The second kappa shape index (κ2) is 6.94. The number of aromatic nitrogens is 3. The summed E-state index contributed by atoms with van der Waals surface area (Å²) in [6.07, 6.45) is 3.31. The van der Waals surface area contributed by atoms with E-state index in [9.17, 15) is 9.59 Å². The Hall–Kier alpha value is -2.30. The predicted octanol–water partition coefficient (Wildman–Crippen LogP) is 3.87. The minimum Gasteiger partial charge on any atom is -0.338 e. The van der Waals surface area contributed by atoms with Crippen LogP contribution in [0.15, 0.2) is 23.0 Å².